The van der Waals surface area contributed by atoms with E-state index in [9.17, 15) is 9.18 Å². The molecule has 0 spiro atoms. The molecule has 0 unspecified atom stereocenters. The van der Waals surface area contributed by atoms with Crippen molar-refractivity contribution in [3.8, 4) is 11.3 Å². The van der Waals surface area contributed by atoms with Gasteiger partial charge in [0.1, 0.15) is 18.0 Å². The van der Waals surface area contributed by atoms with Crippen LogP contribution in [-0.2, 0) is 0 Å². The zero-order valence-corrected chi connectivity index (χ0v) is 16.3. The van der Waals surface area contributed by atoms with Crippen LogP contribution in [0, 0.1) is 5.82 Å². The number of rotatable bonds is 3. The average molecular weight is 412 g/mol. The molecule has 0 radical (unpaired) electrons. The lowest BCUT2D eigenvalue weighted by Crippen LogP contribution is -2.50. The highest BCUT2D eigenvalue weighted by Gasteiger charge is 2.22. The zero-order valence-electron chi connectivity index (χ0n) is 15.6. The molecule has 1 saturated heterocycles. The molecule has 0 aliphatic carbocycles. The summed E-state index contributed by atoms with van der Waals surface area (Å²) in [6, 6.07) is 15.8. The summed E-state index contributed by atoms with van der Waals surface area (Å²) in [6.07, 6.45) is 1.56. The van der Waals surface area contributed by atoms with E-state index in [1.807, 2.05) is 36.4 Å². The number of carbonyl (C=O) groups excluding carboxylic acids is 1. The SMILES string of the molecule is O=C(Nc1ccc(F)c(Cl)c1)N1CCN(c2cc(-c3ccccc3)ncn2)CC1. The topological polar surface area (TPSA) is 61.4 Å². The first-order valence-electron chi connectivity index (χ1n) is 9.23. The van der Waals surface area contributed by atoms with Crippen LogP contribution in [-0.4, -0.2) is 47.1 Å². The molecule has 29 heavy (non-hydrogen) atoms. The molecule has 1 aromatic heterocycles. The summed E-state index contributed by atoms with van der Waals surface area (Å²) in [5, 5.41) is 2.73. The minimum atomic E-state index is -0.516. The van der Waals surface area contributed by atoms with Crippen molar-refractivity contribution in [2.45, 2.75) is 0 Å². The first-order valence-corrected chi connectivity index (χ1v) is 9.61. The lowest BCUT2D eigenvalue weighted by Gasteiger charge is -2.35. The summed E-state index contributed by atoms with van der Waals surface area (Å²) in [7, 11) is 0. The van der Waals surface area contributed by atoms with Gasteiger partial charge in [0.05, 0.1) is 10.7 Å². The van der Waals surface area contributed by atoms with Gasteiger partial charge in [-0.2, -0.15) is 0 Å². The van der Waals surface area contributed by atoms with Gasteiger partial charge in [0.15, 0.2) is 0 Å². The monoisotopic (exact) mass is 411 g/mol. The lowest BCUT2D eigenvalue weighted by molar-refractivity contribution is 0.208. The molecule has 1 N–H and O–H groups in total. The Labute approximate surface area is 173 Å². The number of anilines is 2. The largest absolute Gasteiger partial charge is 0.353 e. The number of aromatic nitrogens is 2. The second kappa shape index (κ2) is 8.45. The van der Waals surface area contributed by atoms with E-state index < -0.39 is 5.82 Å². The van der Waals surface area contributed by atoms with E-state index >= 15 is 0 Å². The van der Waals surface area contributed by atoms with Crippen molar-refractivity contribution >= 4 is 29.1 Å². The molecule has 2 aromatic carbocycles. The molecular formula is C21H19ClFN5O. The number of amides is 2. The van der Waals surface area contributed by atoms with Gasteiger partial charge in [0.2, 0.25) is 0 Å². The zero-order chi connectivity index (χ0) is 20.2. The van der Waals surface area contributed by atoms with Crippen molar-refractivity contribution < 1.29 is 9.18 Å². The number of benzene rings is 2. The molecule has 3 aromatic rings. The molecule has 6 nitrogen and oxygen atoms in total. The van der Waals surface area contributed by atoms with E-state index in [1.54, 1.807) is 11.2 Å². The molecule has 2 heterocycles. The Kier molecular flexibility index (Phi) is 5.57. The van der Waals surface area contributed by atoms with Crippen LogP contribution in [0.5, 0.6) is 0 Å². The fraction of sp³-hybridized carbons (Fsp3) is 0.190. The number of halogens is 2. The van der Waals surface area contributed by atoms with Gasteiger partial charge in [-0.05, 0) is 18.2 Å². The van der Waals surface area contributed by atoms with Gasteiger partial charge in [-0.25, -0.2) is 19.2 Å². The quantitative estimate of drug-likeness (QED) is 0.698. The summed E-state index contributed by atoms with van der Waals surface area (Å²) in [6.45, 7) is 2.41. The minimum absolute atomic E-state index is 0.0226. The number of nitrogens with one attached hydrogen (secondary N) is 1. The first kappa shape index (κ1) is 19.1. The number of urea groups is 1. The second-order valence-corrected chi connectivity index (χ2v) is 7.07. The van der Waals surface area contributed by atoms with E-state index in [1.165, 1.54) is 18.2 Å². The van der Waals surface area contributed by atoms with Crippen LogP contribution in [0.4, 0.5) is 20.7 Å². The van der Waals surface area contributed by atoms with Gasteiger partial charge in [0.25, 0.3) is 0 Å². The summed E-state index contributed by atoms with van der Waals surface area (Å²) < 4.78 is 13.3. The van der Waals surface area contributed by atoms with Crippen molar-refractivity contribution in [3.63, 3.8) is 0 Å². The van der Waals surface area contributed by atoms with E-state index in [0.717, 1.165) is 17.1 Å². The number of carbonyl (C=O) groups is 1. The maximum Gasteiger partial charge on any atom is 0.321 e. The highest BCUT2D eigenvalue weighted by atomic mass is 35.5. The van der Waals surface area contributed by atoms with E-state index in [2.05, 4.69) is 20.2 Å². The highest BCUT2D eigenvalue weighted by molar-refractivity contribution is 6.31. The van der Waals surface area contributed by atoms with Crippen LogP contribution in [0.3, 0.4) is 0 Å². The first-order chi connectivity index (χ1) is 14.1. The number of hydrogen-bond donors (Lipinski definition) is 1. The van der Waals surface area contributed by atoms with Gasteiger partial charge in [-0.3, -0.25) is 0 Å². The molecule has 148 valence electrons. The van der Waals surface area contributed by atoms with Crippen molar-refractivity contribution in [1.29, 1.82) is 0 Å². The van der Waals surface area contributed by atoms with Crippen LogP contribution in [0.25, 0.3) is 11.3 Å². The Morgan fingerprint density at radius 1 is 1.00 bits per heavy atom. The van der Waals surface area contributed by atoms with Crippen molar-refractivity contribution in [2.75, 3.05) is 36.4 Å². The summed E-state index contributed by atoms with van der Waals surface area (Å²) in [5.41, 5.74) is 2.36. The van der Waals surface area contributed by atoms with Gasteiger partial charge < -0.3 is 15.1 Å². The normalized spacial score (nSPS) is 14.0. The summed E-state index contributed by atoms with van der Waals surface area (Å²) >= 11 is 5.77. The van der Waals surface area contributed by atoms with Crippen LogP contribution in [0.1, 0.15) is 0 Å². The molecule has 1 aliphatic rings. The van der Waals surface area contributed by atoms with Crippen LogP contribution >= 0.6 is 11.6 Å². The minimum Gasteiger partial charge on any atom is -0.353 e. The Bertz CT molecular complexity index is 1010. The third-order valence-corrected chi connectivity index (χ3v) is 5.07. The second-order valence-electron chi connectivity index (χ2n) is 6.66. The lowest BCUT2D eigenvalue weighted by atomic mass is 10.1. The number of piperazine rings is 1. The van der Waals surface area contributed by atoms with Gasteiger partial charge in [0, 0.05) is 43.5 Å². The maximum atomic E-state index is 13.3. The predicted octanol–water partition coefficient (Wildman–Crippen LogP) is 4.29. The third-order valence-electron chi connectivity index (χ3n) is 4.78. The fourth-order valence-corrected chi connectivity index (χ4v) is 3.38. The highest BCUT2D eigenvalue weighted by Crippen LogP contribution is 2.22. The van der Waals surface area contributed by atoms with E-state index in [4.69, 9.17) is 11.6 Å². The Hall–Kier alpha value is -3.19. The number of hydrogen-bond acceptors (Lipinski definition) is 4. The Balaban J connectivity index is 1.38. The van der Waals surface area contributed by atoms with Crippen molar-refractivity contribution in [1.82, 2.24) is 14.9 Å². The molecule has 0 bridgehead atoms. The smallest absolute Gasteiger partial charge is 0.321 e. The molecule has 1 fully saturated rings. The molecule has 1 aliphatic heterocycles. The predicted molar refractivity (Wildman–Crippen MR) is 112 cm³/mol. The average Bonchev–Trinajstić information content (AvgIpc) is 2.77. The third kappa shape index (κ3) is 4.46. The maximum absolute atomic E-state index is 13.3. The fourth-order valence-electron chi connectivity index (χ4n) is 3.20. The molecule has 8 heteroatoms. The number of nitrogens with zero attached hydrogens (tertiary/aromatic N) is 4. The molecule has 2 amide bonds. The van der Waals surface area contributed by atoms with E-state index in [0.29, 0.717) is 31.9 Å². The van der Waals surface area contributed by atoms with Crippen LogP contribution < -0.4 is 10.2 Å². The van der Waals surface area contributed by atoms with Crippen molar-refractivity contribution in [3.05, 3.63) is 71.8 Å². The molecule has 0 atom stereocenters. The van der Waals surface area contributed by atoms with Crippen molar-refractivity contribution in [2.24, 2.45) is 0 Å². The van der Waals surface area contributed by atoms with Crippen LogP contribution in [0.15, 0.2) is 60.9 Å². The standard InChI is InChI=1S/C21H19ClFN5O/c22-17-12-16(6-7-18(17)23)26-21(29)28-10-8-27(9-11-28)20-13-19(24-14-25-20)15-4-2-1-3-5-15/h1-7,12-14H,8-11H2,(H,26,29). The van der Waals surface area contributed by atoms with Gasteiger partial charge >= 0.3 is 6.03 Å². The molecule has 0 saturated carbocycles. The van der Waals surface area contributed by atoms with Gasteiger partial charge in [-0.1, -0.05) is 41.9 Å². The van der Waals surface area contributed by atoms with E-state index in [-0.39, 0.29) is 11.1 Å². The Morgan fingerprint density at radius 2 is 1.76 bits per heavy atom. The van der Waals surface area contributed by atoms with Crippen LogP contribution in [0.2, 0.25) is 5.02 Å². The van der Waals surface area contributed by atoms with Gasteiger partial charge in [-0.15, -0.1) is 0 Å². The summed E-state index contributed by atoms with van der Waals surface area (Å²) in [5.74, 6) is 0.322. The summed E-state index contributed by atoms with van der Waals surface area (Å²) in [4.78, 5) is 25.1. The molecular weight excluding hydrogens is 393 g/mol. The Morgan fingerprint density at radius 3 is 2.48 bits per heavy atom. The molecule has 4 rings (SSSR count).